The summed E-state index contributed by atoms with van der Waals surface area (Å²) in [6.07, 6.45) is 1.94. The Morgan fingerprint density at radius 3 is 2.40 bits per heavy atom. The van der Waals surface area contributed by atoms with Gasteiger partial charge in [0, 0.05) is 31.1 Å². The van der Waals surface area contributed by atoms with Crippen molar-refractivity contribution in [2.24, 2.45) is 0 Å². The summed E-state index contributed by atoms with van der Waals surface area (Å²) in [4.78, 5) is 2.40. The highest BCUT2D eigenvalue weighted by Crippen LogP contribution is 2.12. The predicted octanol–water partition coefficient (Wildman–Crippen LogP) is 1.15. The van der Waals surface area contributed by atoms with Crippen LogP contribution >= 0.6 is 0 Å². The molecule has 84 valence electrons. The van der Waals surface area contributed by atoms with Crippen molar-refractivity contribution in [1.82, 2.24) is 4.90 Å². The summed E-state index contributed by atoms with van der Waals surface area (Å²) < 4.78 is 11.8. The number of thiol groups is 1. The Balaban J connectivity index is 1.90. The largest absolute Gasteiger partial charge is 0.297 e. The first kappa shape index (κ1) is 10.8. The van der Waals surface area contributed by atoms with E-state index in [1.165, 1.54) is 5.56 Å². The van der Waals surface area contributed by atoms with E-state index in [0.717, 1.165) is 31.1 Å². The maximum Gasteiger partial charge on any atom is 0.0234 e. The fourth-order valence-corrected chi connectivity index (χ4v) is 3.56. The molecular formula is C12H19NOS. The molecule has 2 rings (SSSR count). The summed E-state index contributed by atoms with van der Waals surface area (Å²) in [5.74, 6) is 1.78. The molecule has 1 aliphatic rings. The summed E-state index contributed by atoms with van der Waals surface area (Å²) in [5.41, 5.74) is 1.35. The minimum Gasteiger partial charge on any atom is -0.297 e. The van der Waals surface area contributed by atoms with Crippen LogP contribution in [0.5, 0.6) is 0 Å². The minimum atomic E-state index is -1.77. The Labute approximate surface area is 92.7 Å². The van der Waals surface area contributed by atoms with Gasteiger partial charge in [-0.25, -0.2) is 0 Å². The Bertz CT molecular complexity index is 351. The van der Waals surface area contributed by atoms with Crippen molar-refractivity contribution in [2.45, 2.75) is 6.54 Å². The summed E-state index contributed by atoms with van der Waals surface area (Å²) in [7, 11) is -1.77. The number of rotatable bonds is 2. The maximum atomic E-state index is 11.8. The first-order chi connectivity index (χ1) is 7.16. The van der Waals surface area contributed by atoms with Gasteiger partial charge in [0.15, 0.2) is 0 Å². The third-order valence-electron chi connectivity index (χ3n) is 3.03. The lowest BCUT2D eigenvalue weighted by Crippen LogP contribution is -2.42. The van der Waals surface area contributed by atoms with Gasteiger partial charge >= 0.3 is 0 Å². The third-order valence-corrected chi connectivity index (χ3v) is 5.32. The van der Waals surface area contributed by atoms with Crippen LogP contribution in [-0.2, 0) is 16.5 Å². The van der Waals surface area contributed by atoms with Gasteiger partial charge in [0.05, 0.1) is 0 Å². The van der Waals surface area contributed by atoms with E-state index in [0.29, 0.717) is 0 Å². The van der Waals surface area contributed by atoms with E-state index in [-0.39, 0.29) is 0 Å². The highest BCUT2D eigenvalue weighted by atomic mass is 32.2. The van der Waals surface area contributed by atoms with E-state index < -0.39 is 9.93 Å². The molecule has 0 aliphatic carbocycles. The number of hydrogen-bond acceptors (Lipinski definition) is 2. The average Bonchev–Trinajstić information content (AvgIpc) is 2.23. The number of hydrogen-bond donors (Lipinski definition) is 1. The lowest BCUT2D eigenvalue weighted by Gasteiger charge is -2.33. The monoisotopic (exact) mass is 225 g/mol. The van der Waals surface area contributed by atoms with Gasteiger partial charge < -0.3 is 0 Å². The molecule has 3 heteroatoms. The molecule has 1 heterocycles. The van der Waals surface area contributed by atoms with E-state index in [2.05, 4.69) is 29.2 Å². The van der Waals surface area contributed by atoms with Gasteiger partial charge in [-0.1, -0.05) is 30.3 Å². The summed E-state index contributed by atoms with van der Waals surface area (Å²) in [5, 5.41) is 0. The van der Waals surface area contributed by atoms with Crippen molar-refractivity contribution in [1.29, 1.82) is 0 Å². The van der Waals surface area contributed by atoms with Crippen molar-refractivity contribution in [3.8, 4) is 0 Å². The van der Waals surface area contributed by atoms with Crippen LogP contribution in [-0.4, -0.2) is 40.0 Å². The molecule has 0 radical (unpaired) electrons. The van der Waals surface area contributed by atoms with Crippen LogP contribution < -0.4 is 0 Å². The van der Waals surface area contributed by atoms with Gasteiger partial charge in [-0.15, -0.1) is 9.93 Å². The Morgan fingerprint density at radius 2 is 1.80 bits per heavy atom. The van der Waals surface area contributed by atoms with Crippen LogP contribution in [0.2, 0.25) is 0 Å². The lowest BCUT2D eigenvalue weighted by atomic mass is 10.2. The molecular weight excluding hydrogens is 206 g/mol. The molecule has 1 fully saturated rings. The molecule has 0 spiro atoms. The van der Waals surface area contributed by atoms with Gasteiger partial charge in [0.1, 0.15) is 0 Å². The zero-order valence-electron chi connectivity index (χ0n) is 9.22. The molecule has 1 saturated heterocycles. The molecule has 0 N–H and O–H groups in total. The van der Waals surface area contributed by atoms with Crippen LogP contribution in [0.1, 0.15) is 5.56 Å². The summed E-state index contributed by atoms with van der Waals surface area (Å²) in [6, 6.07) is 10.5. The van der Waals surface area contributed by atoms with E-state index in [4.69, 9.17) is 0 Å². The van der Waals surface area contributed by atoms with Crippen LogP contribution in [0.4, 0.5) is 0 Å². The average molecular weight is 225 g/mol. The van der Waals surface area contributed by atoms with E-state index >= 15 is 0 Å². The molecule has 2 nitrogen and oxygen atoms in total. The maximum absolute atomic E-state index is 11.8. The van der Waals surface area contributed by atoms with Crippen LogP contribution in [0.15, 0.2) is 30.3 Å². The molecule has 15 heavy (non-hydrogen) atoms. The second-order valence-electron chi connectivity index (χ2n) is 4.51. The standard InChI is InChI=1S/C12H19NOS/c1-15(14)9-7-13(8-10-15)11-12-5-3-2-4-6-12/h2-6,15H,7-11H2,1H3. The Morgan fingerprint density at radius 1 is 1.20 bits per heavy atom. The zero-order valence-corrected chi connectivity index (χ0v) is 10.1. The fourth-order valence-electron chi connectivity index (χ4n) is 1.93. The second kappa shape index (κ2) is 4.45. The third kappa shape index (κ3) is 3.14. The first-order valence-electron chi connectivity index (χ1n) is 5.48. The van der Waals surface area contributed by atoms with Crippen LogP contribution in [0, 0.1) is 0 Å². The van der Waals surface area contributed by atoms with E-state index in [1.807, 2.05) is 12.3 Å². The number of nitrogens with zero attached hydrogens (tertiary/aromatic N) is 1. The summed E-state index contributed by atoms with van der Waals surface area (Å²) in [6.45, 7) is 2.98. The highest BCUT2D eigenvalue weighted by molar-refractivity contribution is 8.02. The van der Waals surface area contributed by atoms with Crippen LogP contribution in [0.3, 0.4) is 0 Å². The van der Waals surface area contributed by atoms with Crippen molar-refractivity contribution in [2.75, 3.05) is 30.9 Å². The van der Waals surface area contributed by atoms with Crippen molar-refractivity contribution >= 4 is 9.93 Å². The van der Waals surface area contributed by atoms with E-state index in [9.17, 15) is 4.21 Å². The van der Waals surface area contributed by atoms with Gasteiger partial charge in [0.2, 0.25) is 0 Å². The predicted molar refractivity (Wildman–Crippen MR) is 66.9 cm³/mol. The molecule has 0 amide bonds. The molecule has 1 aliphatic heterocycles. The molecule has 0 bridgehead atoms. The zero-order chi connectivity index (χ0) is 10.7. The topological polar surface area (TPSA) is 20.3 Å². The smallest absolute Gasteiger partial charge is 0.0234 e. The molecule has 0 unspecified atom stereocenters. The highest BCUT2D eigenvalue weighted by Gasteiger charge is 2.19. The lowest BCUT2D eigenvalue weighted by molar-refractivity contribution is 0.290. The first-order valence-corrected chi connectivity index (χ1v) is 8.00. The van der Waals surface area contributed by atoms with Crippen molar-refractivity contribution in [3.05, 3.63) is 35.9 Å². The second-order valence-corrected chi connectivity index (χ2v) is 7.99. The normalized spacial score (nSPS) is 23.5. The SMILES string of the molecule is C[SH]1(=O)CCN(Cc2ccccc2)CC1. The van der Waals surface area contributed by atoms with Gasteiger partial charge in [-0.3, -0.25) is 9.11 Å². The molecule has 0 saturated carbocycles. The van der Waals surface area contributed by atoms with Gasteiger partial charge in [0.25, 0.3) is 0 Å². The quantitative estimate of drug-likeness (QED) is 0.762. The van der Waals surface area contributed by atoms with E-state index in [1.54, 1.807) is 0 Å². The van der Waals surface area contributed by atoms with Crippen molar-refractivity contribution < 1.29 is 4.21 Å². The number of benzene rings is 1. The van der Waals surface area contributed by atoms with Crippen molar-refractivity contribution in [3.63, 3.8) is 0 Å². The Kier molecular flexibility index (Phi) is 3.22. The summed E-state index contributed by atoms with van der Waals surface area (Å²) >= 11 is 0. The molecule has 1 aromatic carbocycles. The van der Waals surface area contributed by atoms with Crippen LogP contribution in [0.25, 0.3) is 0 Å². The van der Waals surface area contributed by atoms with Gasteiger partial charge in [-0.05, 0) is 11.8 Å². The molecule has 0 atom stereocenters. The minimum absolute atomic E-state index is 0.889. The Hall–Kier alpha value is -0.670. The molecule has 1 aromatic rings. The van der Waals surface area contributed by atoms with Gasteiger partial charge in [-0.2, -0.15) is 0 Å². The fraction of sp³-hybridized carbons (Fsp3) is 0.500. The molecule has 0 aromatic heterocycles.